The highest BCUT2D eigenvalue weighted by Crippen LogP contribution is 2.49. The molecule has 0 aromatic heterocycles. The Hall–Kier alpha value is -2.56. The van der Waals surface area contributed by atoms with Crippen molar-refractivity contribution in [2.45, 2.75) is 12.3 Å². The average Bonchev–Trinajstić information content (AvgIpc) is 3.36. The van der Waals surface area contributed by atoms with E-state index in [1.54, 1.807) is 43.5 Å². The number of carbonyl (C=O) groups excluding carboxylic acids is 1. The topological polar surface area (TPSA) is 47.6 Å². The van der Waals surface area contributed by atoms with Gasteiger partial charge in [-0.15, -0.1) is 0 Å². The zero-order chi connectivity index (χ0) is 16.4. The SMILES string of the molecule is COc1ccc(NC(=O)[C@H]2C[C@H]2c2ccccc2F)c(OC)c1. The third kappa shape index (κ3) is 3.13. The number of nitrogens with one attached hydrogen (secondary N) is 1. The molecule has 1 saturated carbocycles. The quantitative estimate of drug-likeness (QED) is 0.917. The maximum atomic E-state index is 13.8. The van der Waals surface area contributed by atoms with Crippen LogP contribution in [0.1, 0.15) is 17.9 Å². The summed E-state index contributed by atoms with van der Waals surface area (Å²) in [6.45, 7) is 0. The number of anilines is 1. The van der Waals surface area contributed by atoms with Crippen LogP contribution in [0.5, 0.6) is 11.5 Å². The fourth-order valence-electron chi connectivity index (χ4n) is 2.73. The van der Waals surface area contributed by atoms with Crippen LogP contribution in [0, 0.1) is 11.7 Å². The molecular formula is C18H18FNO3. The molecule has 0 radical (unpaired) electrons. The van der Waals surface area contributed by atoms with Crippen LogP contribution in [-0.2, 0) is 4.79 Å². The predicted molar refractivity (Wildman–Crippen MR) is 85.4 cm³/mol. The van der Waals surface area contributed by atoms with Crippen molar-refractivity contribution in [2.24, 2.45) is 5.92 Å². The maximum Gasteiger partial charge on any atom is 0.228 e. The van der Waals surface area contributed by atoms with Gasteiger partial charge in [0.1, 0.15) is 17.3 Å². The van der Waals surface area contributed by atoms with Crippen LogP contribution in [0.4, 0.5) is 10.1 Å². The van der Waals surface area contributed by atoms with Gasteiger partial charge in [0.05, 0.1) is 19.9 Å². The van der Waals surface area contributed by atoms with E-state index in [2.05, 4.69) is 5.32 Å². The molecule has 120 valence electrons. The number of hydrogen-bond acceptors (Lipinski definition) is 3. The molecule has 23 heavy (non-hydrogen) atoms. The number of amides is 1. The molecule has 1 fully saturated rings. The molecule has 2 aromatic rings. The van der Waals surface area contributed by atoms with Crippen molar-refractivity contribution >= 4 is 11.6 Å². The molecule has 1 aliphatic rings. The highest BCUT2D eigenvalue weighted by atomic mass is 19.1. The van der Waals surface area contributed by atoms with E-state index in [1.165, 1.54) is 13.2 Å². The minimum Gasteiger partial charge on any atom is -0.497 e. The lowest BCUT2D eigenvalue weighted by Crippen LogP contribution is -2.15. The molecule has 2 atom stereocenters. The van der Waals surface area contributed by atoms with Gasteiger partial charge in [0, 0.05) is 12.0 Å². The lowest BCUT2D eigenvalue weighted by Gasteiger charge is -2.11. The molecule has 0 saturated heterocycles. The third-order valence-electron chi connectivity index (χ3n) is 4.10. The van der Waals surface area contributed by atoms with Crippen LogP contribution < -0.4 is 14.8 Å². The van der Waals surface area contributed by atoms with Gasteiger partial charge in [-0.3, -0.25) is 4.79 Å². The first-order valence-electron chi connectivity index (χ1n) is 7.41. The molecule has 4 nitrogen and oxygen atoms in total. The van der Waals surface area contributed by atoms with Crippen molar-refractivity contribution in [3.8, 4) is 11.5 Å². The minimum atomic E-state index is -0.255. The van der Waals surface area contributed by atoms with E-state index in [0.717, 1.165) is 0 Å². The van der Waals surface area contributed by atoms with E-state index in [9.17, 15) is 9.18 Å². The lowest BCUT2D eigenvalue weighted by atomic mass is 10.1. The van der Waals surface area contributed by atoms with Crippen molar-refractivity contribution in [2.75, 3.05) is 19.5 Å². The number of rotatable bonds is 5. The van der Waals surface area contributed by atoms with E-state index >= 15 is 0 Å². The third-order valence-corrected chi connectivity index (χ3v) is 4.10. The summed E-state index contributed by atoms with van der Waals surface area (Å²) in [4.78, 5) is 12.4. The molecule has 1 N–H and O–H groups in total. The van der Waals surface area contributed by atoms with Crippen LogP contribution in [0.2, 0.25) is 0 Å². The molecule has 0 heterocycles. The lowest BCUT2D eigenvalue weighted by molar-refractivity contribution is -0.117. The first-order chi connectivity index (χ1) is 11.1. The summed E-state index contributed by atoms with van der Waals surface area (Å²) in [5.74, 6) is 0.534. The summed E-state index contributed by atoms with van der Waals surface area (Å²) < 4.78 is 24.2. The summed E-state index contributed by atoms with van der Waals surface area (Å²) in [6, 6.07) is 11.8. The number of ether oxygens (including phenoxy) is 2. The number of carbonyl (C=O) groups is 1. The Morgan fingerprint density at radius 1 is 1.17 bits per heavy atom. The molecule has 1 aliphatic carbocycles. The second-order valence-electron chi connectivity index (χ2n) is 5.53. The van der Waals surface area contributed by atoms with Crippen molar-refractivity contribution in [1.82, 2.24) is 0 Å². The second-order valence-corrected chi connectivity index (χ2v) is 5.53. The molecular weight excluding hydrogens is 297 g/mol. The summed E-state index contributed by atoms with van der Waals surface area (Å²) in [5, 5.41) is 2.85. The fourth-order valence-corrected chi connectivity index (χ4v) is 2.73. The Balaban J connectivity index is 1.71. The van der Waals surface area contributed by atoms with Crippen LogP contribution in [-0.4, -0.2) is 20.1 Å². The molecule has 2 aromatic carbocycles. The summed E-state index contributed by atoms with van der Waals surface area (Å²) >= 11 is 0. The first-order valence-corrected chi connectivity index (χ1v) is 7.41. The van der Waals surface area contributed by atoms with Crippen LogP contribution >= 0.6 is 0 Å². The monoisotopic (exact) mass is 315 g/mol. The van der Waals surface area contributed by atoms with E-state index in [1.807, 2.05) is 0 Å². The Labute approximate surface area is 134 Å². The molecule has 0 spiro atoms. The molecule has 0 bridgehead atoms. The average molecular weight is 315 g/mol. The zero-order valence-corrected chi connectivity index (χ0v) is 13.0. The molecule has 1 amide bonds. The standard InChI is InChI=1S/C18H18FNO3/c1-22-11-7-8-16(17(9-11)23-2)20-18(21)14-10-13(14)12-5-3-4-6-15(12)19/h3-9,13-14H,10H2,1-2H3,(H,20,21)/t13-,14-/m0/s1. The van der Waals surface area contributed by atoms with Gasteiger partial charge in [-0.1, -0.05) is 18.2 Å². The van der Waals surface area contributed by atoms with E-state index in [0.29, 0.717) is 29.2 Å². The highest BCUT2D eigenvalue weighted by molar-refractivity contribution is 5.96. The van der Waals surface area contributed by atoms with Crippen LogP contribution in [0.3, 0.4) is 0 Å². The summed E-state index contributed by atoms with van der Waals surface area (Å²) in [6.07, 6.45) is 0.658. The number of halogens is 1. The van der Waals surface area contributed by atoms with E-state index < -0.39 is 0 Å². The van der Waals surface area contributed by atoms with Crippen molar-refractivity contribution in [3.63, 3.8) is 0 Å². The van der Waals surface area contributed by atoms with Gasteiger partial charge in [0.15, 0.2) is 0 Å². The molecule has 3 rings (SSSR count). The normalized spacial score (nSPS) is 19.1. The Kier molecular flexibility index (Phi) is 4.19. The number of benzene rings is 2. The summed E-state index contributed by atoms with van der Waals surface area (Å²) in [5.41, 5.74) is 1.19. The van der Waals surface area contributed by atoms with Crippen molar-refractivity contribution < 1.29 is 18.7 Å². The largest absolute Gasteiger partial charge is 0.497 e. The summed E-state index contributed by atoms with van der Waals surface area (Å²) in [7, 11) is 3.10. The van der Waals surface area contributed by atoms with Gasteiger partial charge >= 0.3 is 0 Å². The Morgan fingerprint density at radius 3 is 2.65 bits per heavy atom. The van der Waals surface area contributed by atoms with E-state index in [4.69, 9.17) is 9.47 Å². The minimum absolute atomic E-state index is 0.0551. The fraction of sp³-hybridized carbons (Fsp3) is 0.278. The van der Waals surface area contributed by atoms with Gasteiger partial charge in [-0.05, 0) is 36.1 Å². The maximum absolute atomic E-state index is 13.8. The van der Waals surface area contributed by atoms with Crippen molar-refractivity contribution in [1.29, 1.82) is 0 Å². The van der Waals surface area contributed by atoms with Gasteiger partial charge in [0.25, 0.3) is 0 Å². The van der Waals surface area contributed by atoms with E-state index in [-0.39, 0.29) is 23.6 Å². The molecule has 0 aliphatic heterocycles. The molecule has 0 unspecified atom stereocenters. The first kappa shape index (κ1) is 15.3. The van der Waals surface area contributed by atoms with Gasteiger partial charge in [-0.2, -0.15) is 0 Å². The van der Waals surface area contributed by atoms with Crippen LogP contribution in [0.15, 0.2) is 42.5 Å². The Bertz CT molecular complexity index is 732. The smallest absolute Gasteiger partial charge is 0.228 e. The zero-order valence-electron chi connectivity index (χ0n) is 13.0. The predicted octanol–water partition coefficient (Wildman–Crippen LogP) is 3.59. The second kappa shape index (κ2) is 6.28. The highest BCUT2D eigenvalue weighted by Gasteiger charge is 2.45. The van der Waals surface area contributed by atoms with Gasteiger partial charge in [-0.25, -0.2) is 4.39 Å². The van der Waals surface area contributed by atoms with Crippen molar-refractivity contribution in [3.05, 3.63) is 53.8 Å². The number of hydrogen-bond donors (Lipinski definition) is 1. The van der Waals surface area contributed by atoms with Gasteiger partial charge < -0.3 is 14.8 Å². The Morgan fingerprint density at radius 2 is 1.96 bits per heavy atom. The molecule has 5 heteroatoms. The number of methoxy groups -OCH3 is 2. The van der Waals surface area contributed by atoms with Gasteiger partial charge in [0.2, 0.25) is 5.91 Å². The van der Waals surface area contributed by atoms with Crippen LogP contribution in [0.25, 0.3) is 0 Å².